The molecule has 8 heteroatoms. The fourth-order valence-corrected chi connectivity index (χ4v) is 3.76. The maximum atomic E-state index is 12.7. The molecule has 0 aliphatic carbocycles. The molecule has 1 saturated heterocycles. The molecule has 0 unspecified atom stereocenters. The predicted octanol–water partition coefficient (Wildman–Crippen LogP) is 2.01. The summed E-state index contributed by atoms with van der Waals surface area (Å²) in [5.41, 5.74) is 2.88. The van der Waals surface area contributed by atoms with E-state index in [9.17, 15) is 9.59 Å². The summed E-state index contributed by atoms with van der Waals surface area (Å²) >= 11 is 0. The molecule has 4 rings (SSSR count). The number of nitrogens with one attached hydrogen (secondary N) is 3. The summed E-state index contributed by atoms with van der Waals surface area (Å²) in [6, 6.07) is 13.1. The van der Waals surface area contributed by atoms with Crippen molar-refractivity contribution in [1.29, 1.82) is 0 Å². The number of hydrogen-bond acceptors (Lipinski definition) is 5. The monoisotopic (exact) mass is 395 g/mol. The summed E-state index contributed by atoms with van der Waals surface area (Å²) in [5, 5.41) is 2.95. The van der Waals surface area contributed by atoms with E-state index in [1.165, 1.54) is 0 Å². The lowest BCUT2D eigenvalue weighted by molar-refractivity contribution is -0.120. The van der Waals surface area contributed by atoms with Gasteiger partial charge in [0, 0.05) is 31.9 Å². The average molecular weight is 395 g/mol. The third-order valence-electron chi connectivity index (χ3n) is 5.45. The molecule has 2 heterocycles. The zero-order chi connectivity index (χ0) is 20.4. The molecular formula is C21H25N5O3. The van der Waals surface area contributed by atoms with E-state index in [1.807, 2.05) is 25.1 Å². The standard InChI is InChI=1S/C21H25N5O3/c1-14(20(27)22-15-7-8-16-17(13-15)24-21(28)23-16)25-9-11-26(12-10-25)18-5-3-4-6-19(18)29-2/h3-8,13-14H,9-12H2,1-2H3,(H,22,27)(H2,23,24,28)/t14-/m0/s1. The van der Waals surface area contributed by atoms with Gasteiger partial charge in [0.15, 0.2) is 0 Å². The van der Waals surface area contributed by atoms with Crippen LogP contribution in [0.1, 0.15) is 6.92 Å². The van der Waals surface area contributed by atoms with E-state index in [2.05, 4.69) is 31.2 Å². The van der Waals surface area contributed by atoms with Crippen molar-refractivity contribution in [1.82, 2.24) is 14.9 Å². The van der Waals surface area contributed by atoms with Crippen LogP contribution in [-0.2, 0) is 4.79 Å². The molecule has 0 spiro atoms. The summed E-state index contributed by atoms with van der Waals surface area (Å²) in [6.45, 7) is 5.15. The summed E-state index contributed by atoms with van der Waals surface area (Å²) in [6.07, 6.45) is 0. The molecule has 1 aliphatic heterocycles. The molecule has 152 valence electrons. The third kappa shape index (κ3) is 3.97. The zero-order valence-corrected chi connectivity index (χ0v) is 16.6. The molecule has 8 nitrogen and oxygen atoms in total. The first-order chi connectivity index (χ1) is 14.0. The van der Waals surface area contributed by atoms with E-state index in [4.69, 9.17) is 4.74 Å². The van der Waals surface area contributed by atoms with Crippen molar-refractivity contribution in [2.75, 3.05) is 43.5 Å². The van der Waals surface area contributed by atoms with Crippen LogP contribution < -0.4 is 20.6 Å². The molecule has 1 amide bonds. The number of carbonyl (C=O) groups is 1. The second-order valence-corrected chi connectivity index (χ2v) is 7.20. The lowest BCUT2D eigenvalue weighted by Crippen LogP contribution is -2.52. The van der Waals surface area contributed by atoms with E-state index in [1.54, 1.807) is 25.3 Å². The summed E-state index contributed by atoms with van der Waals surface area (Å²) in [4.78, 5) is 34.0. The van der Waals surface area contributed by atoms with Crippen molar-refractivity contribution in [2.24, 2.45) is 0 Å². The van der Waals surface area contributed by atoms with Crippen LogP contribution in [0.2, 0.25) is 0 Å². The largest absolute Gasteiger partial charge is 0.495 e. The van der Waals surface area contributed by atoms with Gasteiger partial charge in [0.2, 0.25) is 5.91 Å². The first kappa shape index (κ1) is 19.1. The minimum Gasteiger partial charge on any atom is -0.495 e. The average Bonchev–Trinajstić information content (AvgIpc) is 3.12. The molecule has 2 aromatic carbocycles. The number of carbonyl (C=O) groups excluding carboxylic acids is 1. The van der Waals surface area contributed by atoms with Gasteiger partial charge in [-0.25, -0.2) is 4.79 Å². The van der Waals surface area contributed by atoms with Gasteiger partial charge in [-0.1, -0.05) is 12.1 Å². The van der Waals surface area contributed by atoms with Crippen LogP contribution in [-0.4, -0.2) is 60.1 Å². The molecule has 3 aromatic rings. The smallest absolute Gasteiger partial charge is 0.323 e. The van der Waals surface area contributed by atoms with Gasteiger partial charge in [-0.2, -0.15) is 0 Å². The molecule has 0 radical (unpaired) electrons. The van der Waals surface area contributed by atoms with Gasteiger partial charge in [-0.15, -0.1) is 0 Å². The number of anilines is 2. The van der Waals surface area contributed by atoms with E-state index >= 15 is 0 Å². The van der Waals surface area contributed by atoms with Crippen LogP contribution in [0, 0.1) is 0 Å². The van der Waals surface area contributed by atoms with Crippen molar-refractivity contribution in [3.8, 4) is 5.75 Å². The quantitative estimate of drug-likeness (QED) is 0.615. The SMILES string of the molecule is COc1ccccc1N1CCN([C@@H](C)C(=O)Nc2ccc3[nH]c(=O)[nH]c3c2)CC1. The number of para-hydroxylation sites is 2. The van der Waals surface area contributed by atoms with Crippen LogP contribution >= 0.6 is 0 Å². The lowest BCUT2D eigenvalue weighted by atomic mass is 10.2. The Morgan fingerprint density at radius 2 is 1.79 bits per heavy atom. The molecule has 0 bridgehead atoms. The van der Waals surface area contributed by atoms with E-state index < -0.39 is 0 Å². The number of aromatic nitrogens is 2. The minimum atomic E-state index is -0.259. The Labute approximate surface area is 168 Å². The van der Waals surface area contributed by atoms with Crippen molar-refractivity contribution in [3.05, 3.63) is 52.9 Å². The zero-order valence-electron chi connectivity index (χ0n) is 16.6. The van der Waals surface area contributed by atoms with Crippen molar-refractivity contribution in [2.45, 2.75) is 13.0 Å². The lowest BCUT2D eigenvalue weighted by Gasteiger charge is -2.38. The molecule has 0 saturated carbocycles. The van der Waals surface area contributed by atoms with E-state index in [0.717, 1.165) is 37.6 Å². The third-order valence-corrected chi connectivity index (χ3v) is 5.45. The van der Waals surface area contributed by atoms with Crippen molar-refractivity contribution >= 4 is 28.3 Å². The van der Waals surface area contributed by atoms with Gasteiger partial charge < -0.3 is 24.9 Å². The molecule has 1 aliphatic rings. The Bertz CT molecular complexity index is 1070. The number of H-pyrrole nitrogens is 2. The summed E-state index contributed by atoms with van der Waals surface area (Å²) in [5.74, 6) is 0.804. The Hall–Kier alpha value is -3.26. The molecule has 1 atom stereocenters. The fourth-order valence-electron chi connectivity index (χ4n) is 3.76. The minimum absolute atomic E-state index is 0.0621. The number of methoxy groups -OCH3 is 1. The molecular weight excluding hydrogens is 370 g/mol. The molecule has 3 N–H and O–H groups in total. The van der Waals surface area contributed by atoms with Gasteiger partial charge in [-0.3, -0.25) is 9.69 Å². The number of nitrogens with zero attached hydrogens (tertiary/aromatic N) is 2. The molecule has 29 heavy (non-hydrogen) atoms. The number of ether oxygens (including phenoxy) is 1. The maximum Gasteiger partial charge on any atom is 0.323 e. The van der Waals surface area contributed by atoms with Gasteiger partial charge in [0.25, 0.3) is 0 Å². The highest BCUT2D eigenvalue weighted by Gasteiger charge is 2.26. The first-order valence-corrected chi connectivity index (χ1v) is 9.70. The number of fused-ring (bicyclic) bond motifs is 1. The second-order valence-electron chi connectivity index (χ2n) is 7.20. The second kappa shape index (κ2) is 8.00. The topological polar surface area (TPSA) is 93.5 Å². The van der Waals surface area contributed by atoms with Crippen LogP contribution in [0.4, 0.5) is 11.4 Å². The summed E-state index contributed by atoms with van der Waals surface area (Å²) < 4.78 is 5.47. The number of rotatable bonds is 5. The van der Waals surface area contributed by atoms with Crippen molar-refractivity contribution < 1.29 is 9.53 Å². The van der Waals surface area contributed by atoms with Crippen molar-refractivity contribution in [3.63, 3.8) is 0 Å². The Morgan fingerprint density at radius 1 is 1.07 bits per heavy atom. The van der Waals surface area contributed by atoms with Crippen LogP contribution in [0.5, 0.6) is 5.75 Å². The molecule has 1 fully saturated rings. The molecule has 1 aromatic heterocycles. The number of hydrogen-bond donors (Lipinski definition) is 3. The van der Waals surface area contributed by atoms with Gasteiger partial charge in [0.1, 0.15) is 5.75 Å². The summed E-state index contributed by atoms with van der Waals surface area (Å²) in [7, 11) is 1.68. The van der Waals surface area contributed by atoms with E-state index in [0.29, 0.717) is 16.7 Å². The Kier molecular flexibility index (Phi) is 5.26. The van der Waals surface area contributed by atoms with Gasteiger partial charge in [-0.05, 0) is 37.3 Å². The van der Waals surface area contributed by atoms with Gasteiger partial charge in [0.05, 0.1) is 29.9 Å². The number of benzene rings is 2. The first-order valence-electron chi connectivity index (χ1n) is 9.70. The number of imidazole rings is 1. The predicted molar refractivity (Wildman–Crippen MR) is 114 cm³/mol. The number of piperazine rings is 1. The number of amides is 1. The van der Waals surface area contributed by atoms with Crippen LogP contribution in [0.15, 0.2) is 47.3 Å². The van der Waals surface area contributed by atoms with Crippen LogP contribution in [0.3, 0.4) is 0 Å². The Balaban J connectivity index is 1.37. The fraction of sp³-hybridized carbons (Fsp3) is 0.333. The Morgan fingerprint density at radius 3 is 2.55 bits per heavy atom. The highest BCUT2D eigenvalue weighted by Crippen LogP contribution is 2.28. The highest BCUT2D eigenvalue weighted by atomic mass is 16.5. The van der Waals surface area contributed by atoms with Gasteiger partial charge >= 0.3 is 5.69 Å². The maximum absolute atomic E-state index is 12.7. The van der Waals surface area contributed by atoms with Crippen LogP contribution in [0.25, 0.3) is 11.0 Å². The number of aromatic amines is 2. The van der Waals surface area contributed by atoms with E-state index in [-0.39, 0.29) is 17.6 Å². The highest BCUT2D eigenvalue weighted by molar-refractivity contribution is 5.96. The normalized spacial score (nSPS) is 16.0.